The molecule has 1 saturated carbocycles. The lowest BCUT2D eigenvalue weighted by Crippen LogP contribution is -2.45. The van der Waals surface area contributed by atoms with Gasteiger partial charge in [-0.25, -0.2) is 4.98 Å². The van der Waals surface area contributed by atoms with Crippen LogP contribution in [-0.2, 0) is 9.53 Å². The van der Waals surface area contributed by atoms with E-state index in [9.17, 15) is 4.79 Å². The van der Waals surface area contributed by atoms with Gasteiger partial charge in [0, 0.05) is 26.7 Å². The van der Waals surface area contributed by atoms with Gasteiger partial charge in [-0.3, -0.25) is 4.79 Å². The van der Waals surface area contributed by atoms with Crippen molar-refractivity contribution in [3.63, 3.8) is 0 Å². The first-order valence-electron chi connectivity index (χ1n) is 11.1. The number of aromatic nitrogens is 2. The minimum atomic E-state index is -0.492. The molecule has 2 aliphatic rings. The van der Waals surface area contributed by atoms with E-state index < -0.39 is 5.41 Å². The summed E-state index contributed by atoms with van der Waals surface area (Å²) in [5.74, 6) is 1.49. The Bertz CT molecular complexity index is 911. The normalized spacial score (nSPS) is 19.8. The van der Waals surface area contributed by atoms with Gasteiger partial charge in [0.1, 0.15) is 5.69 Å². The van der Waals surface area contributed by atoms with E-state index in [1.807, 2.05) is 39.1 Å². The van der Waals surface area contributed by atoms with Crippen molar-refractivity contribution in [3.05, 3.63) is 42.1 Å². The number of rotatable bonds is 6. The van der Waals surface area contributed by atoms with E-state index in [1.165, 1.54) is 12.8 Å². The Morgan fingerprint density at radius 2 is 1.94 bits per heavy atom. The fourth-order valence-corrected chi connectivity index (χ4v) is 4.76. The topological polar surface area (TPSA) is 70.6 Å². The summed E-state index contributed by atoms with van der Waals surface area (Å²) >= 11 is 0. The molecule has 1 aliphatic heterocycles. The van der Waals surface area contributed by atoms with E-state index >= 15 is 0 Å². The zero-order chi connectivity index (χ0) is 22.0. The first-order valence-corrected chi connectivity index (χ1v) is 11.1. The molecule has 31 heavy (non-hydrogen) atoms. The van der Waals surface area contributed by atoms with Gasteiger partial charge in [0.05, 0.1) is 24.3 Å². The van der Waals surface area contributed by atoms with Crippen molar-refractivity contribution in [2.45, 2.75) is 51.6 Å². The number of hydrogen-bond acceptors (Lipinski definition) is 6. The van der Waals surface area contributed by atoms with Crippen molar-refractivity contribution in [1.82, 2.24) is 9.97 Å². The summed E-state index contributed by atoms with van der Waals surface area (Å²) < 4.78 is 5.44. The van der Waals surface area contributed by atoms with E-state index in [0.29, 0.717) is 25.1 Å². The van der Waals surface area contributed by atoms with Crippen molar-refractivity contribution in [3.8, 4) is 0 Å². The molecule has 7 heteroatoms. The molecule has 0 saturated heterocycles. The van der Waals surface area contributed by atoms with E-state index in [1.54, 1.807) is 18.2 Å². The molecule has 0 radical (unpaired) electrons. The van der Waals surface area contributed by atoms with Crippen LogP contribution in [0.25, 0.3) is 0 Å². The molecule has 0 bridgehead atoms. The molecule has 1 N–H and O–H groups in total. The van der Waals surface area contributed by atoms with Crippen molar-refractivity contribution in [1.29, 1.82) is 0 Å². The fraction of sp³-hybridized carbons (Fsp3) is 0.542. The monoisotopic (exact) mass is 423 g/mol. The number of hydrogen-bond donors (Lipinski definition) is 1. The molecule has 1 aliphatic carbocycles. The maximum Gasteiger partial charge on any atom is 0.234 e. The minimum Gasteiger partial charge on any atom is -0.382 e. The fourth-order valence-electron chi connectivity index (χ4n) is 4.76. The van der Waals surface area contributed by atoms with Crippen LogP contribution in [0.15, 0.2) is 36.5 Å². The predicted molar refractivity (Wildman–Crippen MR) is 124 cm³/mol. The standard InChI is InChI=1S/C24H33N5O2/c1-24(2)16-29(18-12-8-9-13-18)21-20(28(3)22(24)30)14-25-23(27-21)26-19(15-31-4)17-10-6-5-7-11-17/h5-7,10-11,14,18-19H,8-9,12-13,15-16H2,1-4H3,(H,25,26,27). The van der Waals surface area contributed by atoms with Gasteiger partial charge in [-0.1, -0.05) is 43.2 Å². The number of benzene rings is 1. The van der Waals surface area contributed by atoms with Crippen molar-refractivity contribution < 1.29 is 9.53 Å². The second-order valence-electron chi connectivity index (χ2n) is 9.28. The molecule has 1 aromatic heterocycles. The van der Waals surface area contributed by atoms with E-state index in [-0.39, 0.29) is 11.9 Å². The Hall–Kier alpha value is -2.67. The molecule has 1 amide bonds. The molecule has 2 aromatic rings. The number of ether oxygens (including phenoxy) is 1. The van der Waals surface area contributed by atoms with Crippen LogP contribution in [0, 0.1) is 5.41 Å². The Balaban J connectivity index is 1.71. The number of carbonyl (C=O) groups is 1. The number of fused-ring (bicyclic) bond motifs is 1. The van der Waals surface area contributed by atoms with Gasteiger partial charge in [-0.05, 0) is 32.3 Å². The molecular formula is C24H33N5O2. The van der Waals surface area contributed by atoms with Crippen LogP contribution in [0.4, 0.5) is 17.5 Å². The lowest BCUT2D eigenvalue weighted by molar-refractivity contribution is -0.125. The third kappa shape index (κ3) is 4.37. The molecule has 1 aromatic carbocycles. The van der Waals surface area contributed by atoms with Crippen LogP contribution in [0.1, 0.15) is 51.1 Å². The summed E-state index contributed by atoms with van der Waals surface area (Å²) in [5, 5.41) is 3.45. The van der Waals surface area contributed by atoms with E-state index in [4.69, 9.17) is 9.72 Å². The van der Waals surface area contributed by atoms with Crippen LogP contribution in [0.5, 0.6) is 0 Å². The summed E-state index contributed by atoms with van der Waals surface area (Å²) in [6.45, 7) is 5.21. The molecule has 1 fully saturated rings. The maximum atomic E-state index is 13.1. The van der Waals surface area contributed by atoms with Crippen molar-refractivity contribution in [2.75, 3.05) is 42.4 Å². The quantitative estimate of drug-likeness (QED) is 0.757. The average molecular weight is 424 g/mol. The first-order chi connectivity index (χ1) is 14.9. The Morgan fingerprint density at radius 3 is 2.61 bits per heavy atom. The van der Waals surface area contributed by atoms with Gasteiger partial charge in [-0.15, -0.1) is 0 Å². The van der Waals surface area contributed by atoms with Crippen molar-refractivity contribution >= 4 is 23.4 Å². The van der Waals surface area contributed by atoms with Crippen LogP contribution in [0.3, 0.4) is 0 Å². The SMILES string of the molecule is COCC(Nc1ncc2c(n1)N(C1CCCC1)CC(C)(C)C(=O)N2C)c1ccccc1. The van der Waals surface area contributed by atoms with Gasteiger partial charge < -0.3 is 19.9 Å². The Labute approximate surface area is 184 Å². The number of methoxy groups -OCH3 is 1. The van der Waals surface area contributed by atoms with Crippen molar-refractivity contribution in [2.24, 2.45) is 5.41 Å². The van der Waals surface area contributed by atoms with Crippen LogP contribution in [-0.4, -0.2) is 49.2 Å². The lowest BCUT2D eigenvalue weighted by Gasteiger charge is -2.34. The van der Waals surface area contributed by atoms with E-state index in [0.717, 1.165) is 29.9 Å². The third-order valence-corrected chi connectivity index (χ3v) is 6.44. The van der Waals surface area contributed by atoms with Gasteiger partial charge in [-0.2, -0.15) is 4.98 Å². The smallest absolute Gasteiger partial charge is 0.234 e. The zero-order valence-electron chi connectivity index (χ0n) is 19.0. The number of nitrogens with one attached hydrogen (secondary N) is 1. The number of nitrogens with zero attached hydrogens (tertiary/aromatic N) is 4. The van der Waals surface area contributed by atoms with Gasteiger partial charge in [0.15, 0.2) is 5.82 Å². The lowest BCUT2D eigenvalue weighted by atomic mass is 9.91. The van der Waals surface area contributed by atoms with Crippen LogP contribution in [0.2, 0.25) is 0 Å². The summed E-state index contributed by atoms with van der Waals surface area (Å²) in [6.07, 6.45) is 6.50. The van der Waals surface area contributed by atoms with Gasteiger partial charge in [0.2, 0.25) is 11.9 Å². The number of amides is 1. The van der Waals surface area contributed by atoms with Crippen LogP contribution >= 0.6 is 0 Å². The highest BCUT2D eigenvalue weighted by Gasteiger charge is 2.41. The highest BCUT2D eigenvalue weighted by Crippen LogP contribution is 2.40. The minimum absolute atomic E-state index is 0.0641. The average Bonchev–Trinajstić information content (AvgIpc) is 3.29. The molecule has 4 rings (SSSR count). The summed E-state index contributed by atoms with van der Waals surface area (Å²) in [4.78, 5) is 26.7. The molecular weight excluding hydrogens is 390 g/mol. The Morgan fingerprint density at radius 1 is 1.23 bits per heavy atom. The molecule has 1 unspecified atom stereocenters. The molecule has 2 heterocycles. The Kier molecular flexibility index (Phi) is 6.14. The van der Waals surface area contributed by atoms with Crippen LogP contribution < -0.4 is 15.1 Å². The molecule has 1 atom stereocenters. The van der Waals surface area contributed by atoms with Gasteiger partial charge in [0.25, 0.3) is 0 Å². The number of carbonyl (C=O) groups excluding carboxylic acids is 1. The maximum absolute atomic E-state index is 13.1. The highest BCUT2D eigenvalue weighted by atomic mass is 16.5. The molecule has 7 nitrogen and oxygen atoms in total. The first kappa shape index (κ1) is 21.6. The molecule has 0 spiro atoms. The summed E-state index contributed by atoms with van der Waals surface area (Å²) in [5.41, 5.74) is 1.40. The summed E-state index contributed by atoms with van der Waals surface area (Å²) in [6, 6.07) is 10.5. The zero-order valence-corrected chi connectivity index (χ0v) is 19.0. The largest absolute Gasteiger partial charge is 0.382 e. The predicted octanol–water partition coefficient (Wildman–Crippen LogP) is 4.03. The summed E-state index contributed by atoms with van der Waals surface area (Å²) in [7, 11) is 3.52. The second-order valence-corrected chi connectivity index (χ2v) is 9.28. The van der Waals surface area contributed by atoms with E-state index in [2.05, 4.69) is 27.3 Å². The highest BCUT2D eigenvalue weighted by molar-refractivity contribution is 6.00. The third-order valence-electron chi connectivity index (χ3n) is 6.44. The second kappa shape index (κ2) is 8.83. The molecule has 166 valence electrons. The van der Waals surface area contributed by atoms with Gasteiger partial charge >= 0.3 is 0 Å². The number of anilines is 3.